The maximum absolute atomic E-state index is 14.8. The zero-order valence-electron chi connectivity index (χ0n) is 49.9. The summed E-state index contributed by atoms with van der Waals surface area (Å²) < 4.78 is 75.1. The van der Waals surface area contributed by atoms with Crippen LogP contribution in [0.1, 0.15) is 70.4 Å². The number of carboxylic acids is 2. The van der Waals surface area contributed by atoms with Crippen LogP contribution in [0.5, 0.6) is 28.7 Å². The Morgan fingerprint density at radius 1 is 0.750 bits per heavy atom. The minimum Gasteiger partial charge on any atom is -0.497 e. The molecule has 492 valence electrons. The fraction of sp³-hybridized carbons (Fsp3) is 0.424. The number of benzene rings is 4. The number of aliphatic hydroxyl groups is 6. The number of nitrogens with one attached hydrogen (secondary N) is 1. The lowest BCUT2D eigenvalue weighted by molar-refractivity contribution is -0.271. The number of carbonyl (C=O) groups is 5. The van der Waals surface area contributed by atoms with E-state index >= 15 is 0 Å². The number of halogens is 1. The molecular formula is C59H65ClN8O23S. The van der Waals surface area contributed by atoms with Crippen molar-refractivity contribution in [2.24, 2.45) is 15.9 Å². The molecule has 0 saturated carbocycles. The summed E-state index contributed by atoms with van der Waals surface area (Å²) in [7, 11) is -2.53. The molecule has 2 saturated heterocycles. The van der Waals surface area contributed by atoms with Gasteiger partial charge in [-0.2, -0.15) is 0 Å². The SMILES string of the molecule is COc1ccc2c(OS(=O)(=O)Oc3cc(C(=O)N(C)CC(C)(C)COCC(C)(C)CN=[N+]=[N-])ccc3O[C@@H]3O[C@H](C(=O)O)[C@@H](O)C(O)[C@H]3O)cc3c(c2c1)[C@H](CCl)CN3C(=O)c1cn2cc(NC(=O)c3ccc(O[C@@H]4OC(C(=O)O)[C@@H](O)[C@H](O)[C@H]4O)cc3)ccc2n1. The minimum atomic E-state index is -5.42. The quantitative estimate of drug-likeness (QED) is 0.0181. The van der Waals surface area contributed by atoms with Gasteiger partial charge in [0.1, 0.15) is 59.5 Å². The number of aromatic nitrogens is 2. The predicted octanol–water partition coefficient (Wildman–Crippen LogP) is 3.43. The molecular weight excluding hydrogens is 1260 g/mol. The summed E-state index contributed by atoms with van der Waals surface area (Å²) in [5, 5.41) is 88.4. The number of rotatable bonds is 24. The van der Waals surface area contributed by atoms with Gasteiger partial charge in [-0.05, 0) is 94.7 Å². The van der Waals surface area contributed by atoms with Crippen LogP contribution in [0.3, 0.4) is 0 Å². The molecule has 0 aliphatic carbocycles. The molecule has 3 aliphatic heterocycles. The fourth-order valence-corrected chi connectivity index (χ4v) is 11.6. The number of pyridine rings is 1. The number of carbonyl (C=O) groups excluding carboxylic acids is 3. The molecule has 0 spiro atoms. The first-order chi connectivity index (χ1) is 43.4. The number of carboxylic acid groups (broad SMARTS) is 2. The first kappa shape index (κ1) is 67.8. The van der Waals surface area contributed by atoms with Crippen molar-refractivity contribution >= 4 is 79.5 Å². The Bertz CT molecular complexity index is 3960. The maximum Gasteiger partial charge on any atom is 0.501 e. The number of amides is 3. The monoisotopic (exact) mass is 1320 g/mol. The van der Waals surface area contributed by atoms with Crippen molar-refractivity contribution in [2.45, 2.75) is 95.0 Å². The van der Waals surface area contributed by atoms with Gasteiger partial charge in [-0.15, -0.1) is 20.0 Å². The first-order valence-corrected chi connectivity index (χ1v) is 30.0. The Morgan fingerprint density at radius 3 is 1.98 bits per heavy atom. The van der Waals surface area contributed by atoms with Gasteiger partial charge in [0.05, 0.1) is 31.7 Å². The van der Waals surface area contributed by atoms with E-state index in [0.29, 0.717) is 16.7 Å². The molecule has 9 rings (SSSR count). The number of azide groups is 1. The lowest BCUT2D eigenvalue weighted by atomic mass is 9.92. The zero-order chi connectivity index (χ0) is 66.9. The van der Waals surface area contributed by atoms with Crippen molar-refractivity contribution < 1.29 is 110 Å². The highest BCUT2D eigenvalue weighted by molar-refractivity contribution is 7.82. The Kier molecular flexibility index (Phi) is 20.1. The number of anilines is 2. The molecule has 9 N–H and O–H groups in total. The number of fused-ring (bicyclic) bond motifs is 4. The number of ether oxygens (including phenoxy) is 6. The van der Waals surface area contributed by atoms with E-state index < -0.39 is 135 Å². The van der Waals surface area contributed by atoms with Crippen LogP contribution in [-0.2, 0) is 34.2 Å². The topological polar surface area (TPSA) is 440 Å². The zero-order valence-corrected chi connectivity index (χ0v) is 51.4. The Hall–Kier alpha value is -8.63. The molecule has 0 bridgehead atoms. The van der Waals surface area contributed by atoms with Crippen LogP contribution in [0.2, 0.25) is 0 Å². The average molecular weight is 1320 g/mol. The molecule has 5 heterocycles. The number of nitrogens with zero attached hydrogens (tertiary/aromatic N) is 7. The van der Waals surface area contributed by atoms with Gasteiger partial charge in [-0.1, -0.05) is 32.8 Å². The number of alkyl halides is 1. The Morgan fingerprint density at radius 2 is 1.36 bits per heavy atom. The lowest BCUT2D eigenvalue weighted by Gasteiger charge is -2.38. The van der Waals surface area contributed by atoms with Crippen LogP contribution in [0, 0.1) is 10.8 Å². The summed E-state index contributed by atoms with van der Waals surface area (Å²) in [6.45, 7) is 7.99. The molecule has 0 radical (unpaired) electrons. The highest BCUT2D eigenvalue weighted by atomic mass is 35.5. The number of methoxy groups -OCH3 is 1. The first-order valence-electron chi connectivity index (χ1n) is 28.2. The van der Waals surface area contributed by atoms with Gasteiger partial charge < -0.3 is 97.2 Å². The summed E-state index contributed by atoms with van der Waals surface area (Å²) >= 11 is 6.61. The molecule has 92 heavy (non-hydrogen) atoms. The van der Waals surface area contributed by atoms with Crippen LogP contribution >= 0.6 is 11.6 Å². The third kappa shape index (κ3) is 14.8. The average Bonchev–Trinajstić information content (AvgIpc) is 1.53. The van der Waals surface area contributed by atoms with Crippen molar-refractivity contribution in [3.8, 4) is 28.7 Å². The van der Waals surface area contributed by atoms with Crippen molar-refractivity contribution in [1.29, 1.82) is 0 Å². The largest absolute Gasteiger partial charge is 0.501 e. The molecule has 2 fully saturated rings. The Labute approximate surface area is 528 Å². The normalized spacial score (nSPS) is 23.2. The van der Waals surface area contributed by atoms with E-state index in [-0.39, 0.29) is 83.7 Å². The number of imidazole rings is 1. The van der Waals surface area contributed by atoms with Gasteiger partial charge in [0.25, 0.3) is 17.7 Å². The van der Waals surface area contributed by atoms with Gasteiger partial charge >= 0.3 is 22.3 Å². The standard InChI is InChI=1S/C59H65ClN8O23S/c1-58(2,24-62-65-61)26-85-27-59(3,4)25-66(5)52(76)29-9-15-38(87-57-48(74)44(70)46(72)50(89-57)55(80)81)40(17-29)91-92(82,83)90-39-19-37-42(35-18-33(84-6)13-14-34(35)39)30(20-60)21-68(37)53(77)36-23-67-22-31(10-16-41(67)64-36)63-51(75)28-7-11-32(12-8-28)86-56-47(73)43(69)45(71)49(88-56)54(78)79/h7-19,22-23,30,43-50,56-57,69-74H,20-21,24-27H2,1-6H3,(H,63,75)(H,78,79)(H,80,81)/t30-,43+,44?,45+,46+,47-,48-,49?,50+,56-,57-/m1/s1. The summed E-state index contributed by atoms with van der Waals surface area (Å²) in [6, 6.07) is 17.5. The van der Waals surface area contributed by atoms with E-state index in [9.17, 15) is 73.2 Å². The van der Waals surface area contributed by atoms with Crippen LogP contribution < -0.4 is 32.8 Å². The molecule has 3 amide bonds. The predicted molar refractivity (Wildman–Crippen MR) is 321 cm³/mol. The van der Waals surface area contributed by atoms with E-state index in [1.807, 2.05) is 27.7 Å². The summed E-state index contributed by atoms with van der Waals surface area (Å²) in [4.78, 5) is 75.9. The van der Waals surface area contributed by atoms with Gasteiger partial charge in [0, 0.05) is 83.8 Å². The Balaban J connectivity index is 0.973. The van der Waals surface area contributed by atoms with Crippen LogP contribution in [-0.4, -0.2) is 208 Å². The van der Waals surface area contributed by atoms with E-state index in [1.165, 1.54) is 101 Å². The van der Waals surface area contributed by atoms with Crippen LogP contribution in [0.25, 0.3) is 26.9 Å². The van der Waals surface area contributed by atoms with Gasteiger partial charge in [-0.25, -0.2) is 14.6 Å². The van der Waals surface area contributed by atoms with Crippen molar-refractivity contribution in [1.82, 2.24) is 14.3 Å². The van der Waals surface area contributed by atoms with E-state index in [1.54, 1.807) is 6.07 Å². The number of aliphatic carboxylic acids is 2. The third-order valence-corrected chi connectivity index (χ3v) is 16.3. The van der Waals surface area contributed by atoms with Gasteiger partial charge in [0.15, 0.2) is 29.5 Å². The van der Waals surface area contributed by atoms with Gasteiger partial charge in [0.2, 0.25) is 12.6 Å². The molecule has 2 unspecified atom stereocenters. The molecule has 6 aromatic rings. The smallest absolute Gasteiger partial charge is 0.497 e. The summed E-state index contributed by atoms with van der Waals surface area (Å²) in [6.07, 6.45) is -16.9. The molecule has 3 aliphatic rings. The van der Waals surface area contributed by atoms with Gasteiger partial charge in [-0.3, -0.25) is 14.4 Å². The summed E-state index contributed by atoms with van der Waals surface area (Å²) in [5.41, 5.74) is 8.60. The number of aliphatic hydroxyl groups excluding tert-OH is 6. The van der Waals surface area contributed by atoms with Crippen molar-refractivity contribution in [2.75, 3.05) is 63.1 Å². The van der Waals surface area contributed by atoms with Crippen LogP contribution in [0.15, 0.2) is 96.4 Å². The van der Waals surface area contributed by atoms with E-state index in [0.717, 1.165) is 12.1 Å². The van der Waals surface area contributed by atoms with Crippen LogP contribution in [0.4, 0.5) is 11.4 Å². The molecule has 2 aromatic heterocycles. The number of hydrogen-bond acceptors (Lipinski definition) is 23. The molecule has 11 atom stereocenters. The van der Waals surface area contributed by atoms with E-state index in [4.69, 9.17) is 53.9 Å². The van der Waals surface area contributed by atoms with Crippen molar-refractivity contribution in [3.05, 3.63) is 124 Å². The minimum absolute atomic E-state index is 0.0175. The molecule has 4 aromatic carbocycles. The molecule has 31 nitrogen and oxygen atoms in total. The van der Waals surface area contributed by atoms with Crippen molar-refractivity contribution in [3.63, 3.8) is 0 Å². The highest BCUT2D eigenvalue weighted by Crippen LogP contribution is 2.48. The fourth-order valence-electron chi connectivity index (χ4n) is 10.6. The number of hydrogen-bond donors (Lipinski definition) is 9. The summed E-state index contributed by atoms with van der Waals surface area (Å²) in [5.74, 6) is -7.31. The van der Waals surface area contributed by atoms with E-state index in [2.05, 4.69) is 20.3 Å². The second-order valence-corrected chi connectivity index (χ2v) is 25.0. The second kappa shape index (κ2) is 27.3. The molecule has 33 heteroatoms. The maximum atomic E-state index is 14.8. The second-order valence-electron chi connectivity index (χ2n) is 23.6. The lowest BCUT2D eigenvalue weighted by Crippen LogP contribution is -2.61. The highest BCUT2D eigenvalue weighted by Gasteiger charge is 2.50. The third-order valence-electron chi connectivity index (χ3n) is 15.2.